The van der Waals surface area contributed by atoms with Gasteiger partial charge in [-0.1, -0.05) is 13.8 Å². The summed E-state index contributed by atoms with van der Waals surface area (Å²) < 4.78 is 46.6. The number of aliphatic hydroxyl groups is 9. The number of rotatable bonds is 10. The number of hydrogen-bond acceptors (Lipinski definition) is 18. The summed E-state index contributed by atoms with van der Waals surface area (Å²) in [6.07, 6.45) is -11.9. The van der Waals surface area contributed by atoms with Gasteiger partial charge in [-0.3, -0.25) is 0 Å². The van der Waals surface area contributed by atoms with Gasteiger partial charge in [-0.2, -0.15) is 0 Å². The van der Waals surface area contributed by atoms with Gasteiger partial charge in [-0.25, -0.2) is 4.79 Å². The minimum absolute atomic E-state index is 0.00760. The van der Waals surface area contributed by atoms with Crippen LogP contribution in [-0.2, 0) is 42.7 Å². The van der Waals surface area contributed by atoms with Gasteiger partial charge in [0.05, 0.1) is 31.0 Å². The summed E-state index contributed by atoms with van der Waals surface area (Å²) >= 11 is 0. The monoisotopic (exact) mass is 858 g/mol. The predicted molar refractivity (Wildman–Crippen MR) is 203 cm³/mol. The Morgan fingerprint density at radius 2 is 1.42 bits per heavy atom. The molecule has 0 aromatic carbocycles. The summed E-state index contributed by atoms with van der Waals surface area (Å²) in [6.45, 7) is 5.42. The molecule has 4 heterocycles. The summed E-state index contributed by atoms with van der Waals surface area (Å²) in [5, 5.41) is 96.6. The van der Waals surface area contributed by atoms with Crippen LogP contribution in [0.2, 0.25) is 0 Å². The highest BCUT2D eigenvalue weighted by Crippen LogP contribution is 2.70. The second-order valence-corrected chi connectivity index (χ2v) is 19.4. The number of hydrogen-bond donors (Lipinski definition) is 9. The van der Waals surface area contributed by atoms with Crippen LogP contribution in [0.5, 0.6) is 0 Å². The van der Waals surface area contributed by atoms with Gasteiger partial charge >= 0.3 is 5.97 Å². The van der Waals surface area contributed by atoms with Crippen LogP contribution < -0.4 is 0 Å². The summed E-state index contributed by atoms with van der Waals surface area (Å²) in [7, 11) is 1.39. The van der Waals surface area contributed by atoms with Gasteiger partial charge in [-0.15, -0.1) is 0 Å². The number of esters is 1. The lowest BCUT2D eigenvalue weighted by Gasteiger charge is -2.64. The van der Waals surface area contributed by atoms with Gasteiger partial charge < -0.3 is 83.9 Å². The van der Waals surface area contributed by atoms with Crippen LogP contribution in [0.4, 0.5) is 0 Å². The molecule has 3 saturated heterocycles. The lowest BCUT2D eigenvalue weighted by molar-refractivity contribution is -0.367. The summed E-state index contributed by atoms with van der Waals surface area (Å²) in [5.74, 6) is 0.725. The van der Waals surface area contributed by atoms with Crippen molar-refractivity contribution in [3.8, 4) is 0 Å². The van der Waals surface area contributed by atoms with Crippen molar-refractivity contribution in [2.75, 3.05) is 26.9 Å². The van der Waals surface area contributed by atoms with E-state index in [9.17, 15) is 50.8 Å². The summed E-state index contributed by atoms with van der Waals surface area (Å²) in [5.41, 5.74) is -0.0850. The molecule has 0 aromatic rings. The molecule has 0 unspecified atom stereocenters. The Kier molecular flexibility index (Phi) is 12.9. The number of aliphatic hydroxyl groups excluding tert-OH is 8. The van der Waals surface area contributed by atoms with Crippen molar-refractivity contribution in [1.82, 2.24) is 0 Å². The number of methoxy groups -OCH3 is 1. The van der Waals surface area contributed by atoms with Crippen molar-refractivity contribution < 1.29 is 88.6 Å². The van der Waals surface area contributed by atoms with Crippen molar-refractivity contribution in [3.05, 3.63) is 11.6 Å². The smallest absolute Gasteiger partial charge is 0.331 e. The summed E-state index contributed by atoms with van der Waals surface area (Å²) in [4.78, 5) is 12.0. The molecule has 0 amide bonds. The van der Waals surface area contributed by atoms with E-state index in [-0.39, 0.29) is 34.7 Å². The fraction of sp³-hybridized carbons (Fsp3) is 0.929. The first-order valence-electron chi connectivity index (χ1n) is 21.8. The van der Waals surface area contributed by atoms with Crippen LogP contribution in [0.1, 0.15) is 78.6 Å². The average molecular weight is 859 g/mol. The quantitative estimate of drug-likeness (QED) is 0.0918. The molecular weight excluding hydrogens is 792 g/mol. The van der Waals surface area contributed by atoms with Gasteiger partial charge in [0.25, 0.3) is 0 Å². The first-order chi connectivity index (χ1) is 28.4. The fourth-order valence-electron chi connectivity index (χ4n) is 13.0. The largest absolute Gasteiger partial charge is 0.458 e. The highest BCUT2D eigenvalue weighted by molar-refractivity contribution is 5.85. The Balaban J connectivity index is 0.875. The Bertz CT molecular complexity index is 1570. The molecule has 0 spiro atoms. The first-order valence-corrected chi connectivity index (χ1v) is 21.8. The van der Waals surface area contributed by atoms with Crippen LogP contribution in [0.3, 0.4) is 0 Å². The van der Waals surface area contributed by atoms with Gasteiger partial charge in [0.2, 0.25) is 0 Å². The minimum Gasteiger partial charge on any atom is -0.458 e. The molecule has 18 nitrogen and oxygen atoms in total. The Hall–Kier alpha value is -1.43. The zero-order chi connectivity index (χ0) is 43.1. The number of ether oxygens (including phenoxy) is 8. The van der Waals surface area contributed by atoms with E-state index in [0.717, 1.165) is 63.4 Å². The van der Waals surface area contributed by atoms with E-state index in [2.05, 4.69) is 13.8 Å². The first kappa shape index (κ1) is 45.1. The zero-order valence-corrected chi connectivity index (χ0v) is 34.8. The predicted octanol–water partition coefficient (Wildman–Crippen LogP) is -1.24. The summed E-state index contributed by atoms with van der Waals surface area (Å²) in [6, 6.07) is 0. The number of cyclic esters (lactones) is 1. The Labute approximate surface area is 349 Å². The third-order valence-corrected chi connectivity index (χ3v) is 16.5. The van der Waals surface area contributed by atoms with E-state index < -0.39 is 111 Å². The molecule has 7 fully saturated rings. The van der Waals surface area contributed by atoms with Crippen molar-refractivity contribution in [2.24, 2.45) is 34.5 Å². The van der Waals surface area contributed by atoms with Crippen molar-refractivity contribution in [1.29, 1.82) is 0 Å². The van der Waals surface area contributed by atoms with E-state index >= 15 is 0 Å². The molecular formula is C42H66O18. The minimum atomic E-state index is -1.77. The van der Waals surface area contributed by atoms with Gasteiger partial charge in [0.1, 0.15) is 73.8 Å². The highest BCUT2D eigenvalue weighted by Gasteiger charge is 2.68. The second kappa shape index (κ2) is 17.2. The molecule has 0 aromatic heterocycles. The van der Waals surface area contributed by atoms with E-state index in [1.54, 1.807) is 13.0 Å². The maximum absolute atomic E-state index is 12.6. The third kappa shape index (κ3) is 7.50. The standard InChI is InChI=1S/C42H66O18/c1-18-35(60-38-33(50)31(48)29(46)26(59-38)17-55-37-32(49)30(47)28(45)25(15-43)58-37)36(53-4)34(51)39(56-18)57-21-7-10-40(2)20(14-21)5-6-24-23(40)8-11-41(3)22(9-12-42(24,41)52)19-13-27(44)54-16-19/h13,18,20-26,28-39,43,45-52H,5-12,14-17H2,1-4H3/t18-,20-,21+,22-,23+,24-,25-,26-,28+,29+,30-,31+,32-,33-,34-,35+,36-,37-,38+,39-,40+,41-,42+/m1/s1. The van der Waals surface area contributed by atoms with E-state index in [0.29, 0.717) is 18.4 Å². The van der Waals surface area contributed by atoms with E-state index in [1.807, 2.05) is 0 Å². The lowest BCUT2D eigenvalue weighted by Crippen LogP contribution is -2.65. The molecule has 342 valence electrons. The molecule has 4 aliphatic heterocycles. The van der Waals surface area contributed by atoms with Crippen LogP contribution in [0.15, 0.2) is 11.6 Å². The Morgan fingerprint density at radius 1 is 0.733 bits per heavy atom. The van der Waals surface area contributed by atoms with Crippen LogP contribution in [-0.4, -0.2) is 183 Å². The maximum atomic E-state index is 12.6. The van der Waals surface area contributed by atoms with Gasteiger partial charge in [0.15, 0.2) is 18.9 Å². The van der Waals surface area contributed by atoms with E-state index in [1.165, 1.54) is 7.11 Å². The topological polar surface area (TPSA) is 273 Å². The lowest BCUT2D eigenvalue weighted by atomic mass is 9.43. The molecule has 0 bridgehead atoms. The third-order valence-electron chi connectivity index (χ3n) is 16.5. The highest BCUT2D eigenvalue weighted by atomic mass is 16.8. The molecule has 8 rings (SSSR count). The molecule has 18 heteroatoms. The van der Waals surface area contributed by atoms with Crippen molar-refractivity contribution in [3.63, 3.8) is 0 Å². The van der Waals surface area contributed by atoms with Crippen molar-refractivity contribution >= 4 is 5.97 Å². The molecule has 9 N–H and O–H groups in total. The second-order valence-electron chi connectivity index (χ2n) is 19.4. The number of carbonyl (C=O) groups excluding carboxylic acids is 1. The number of carbonyl (C=O) groups is 1. The normalized spacial score (nSPS) is 54.4. The fourth-order valence-corrected chi connectivity index (χ4v) is 13.0. The average Bonchev–Trinajstić information content (AvgIpc) is 3.78. The maximum Gasteiger partial charge on any atom is 0.331 e. The van der Waals surface area contributed by atoms with Gasteiger partial charge in [0, 0.05) is 18.6 Å². The molecule has 0 radical (unpaired) electrons. The SMILES string of the molecule is CO[C@@H]1[C@@H](O)[C@@H](O[C@H]2CC[C@@]3(C)[C@H](CC[C@@H]4[C@@H]3CC[C@]3(C)[C@@H](C5=CC(=O)OC5)CC[C@]43O)C2)O[C@H](C)[C@@H]1O[C@@H]1O[C@H](CO[C@@H]2O[C@H](CO)[C@H](O)[C@@H](O)[C@H]2O)[C@H](O)[C@H](O)[C@H]1O. The molecule has 60 heavy (non-hydrogen) atoms. The van der Waals surface area contributed by atoms with Crippen molar-refractivity contribution in [2.45, 2.75) is 182 Å². The molecule has 8 aliphatic rings. The van der Waals surface area contributed by atoms with Crippen LogP contribution >= 0.6 is 0 Å². The Morgan fingerprint density at radius 3 is 2.10 bits per heavy atom. The van der Waals surface area contributed by atoms with Gasteiger partial charge in [-0.05, 0) is 99.4 Å². The zero-order valence-electron chi connectivity index (χ0n) is 34.8. The van der Waals surface area contributed by atoms with Crippen LogP contribution in [0.25, 0.3) is 0 Å². The molecule has 23 atom stereocenters. The van der Waals surface area contributed by atoms with Crippen LogP contribution in [0, 0.1) is 34.5 Å². The molecule has 4 aliphatic carbocycles. The molecule has 4 saturated carbocycles. The number of fused-ring (bicyclic) bond motifs is 5. The van der Waals surface area contributed by atoms with E-state index in [4.69, 9.17) is 37.9 Å².